The molecule has 1 aromatic carbocycles. The number of phosphoric acid groups is 3. The topological polar surface area (TPSA) is 319 Å². The highest BCUT2D eigenvalue weighted by atomic mass is 33.1. The Morgan fingerprint density at radius 1 is 1.06 bits per heavy atom. The molecule has 0 amide bonds. The monoisotopic (exact) mass is 811 g/mol. The lowest BCUT2D eigenvalue weighted by atomic mass is 10.0. The molecule has 3 aromatic heterocycles. The predicted molar refractivity (Wildman–Crippen MR) is 181 cm³/mol. The Kier molecular flexibility index (Phi) is 12.2. The number of fused-ring (bicyclic) bond motifs is 1. The zero-order chi connectivity index (χ0) is 37.2. The van der Waals surface area contributed by atoms with Crippen LogP contribution in [0, 0.1) is 6.92 Å². The van der Waals surface area contributed by atoms with Gasteiger partial charge in [0, 0.05) is 16.7 Å². The van der Waals surface area contributed by atoms with Crippen molar-refractivity contribution in [2.75, 3.05) is 18.3 Å². The number of benzene rings is 1. The lowest BCUT2D eigenvalue weighted by Gasteiger charge is -2.24. The van der Waals surface area contributed by atoms with Gasteiger partial charge in [0.2, 0.25) is 11.8 Å². The maximum absolute atomic E-state index is 12.4. The second kappa shape index (κ2) is 15.7. The van der Waals surface area contributed by atoms with E-state index in [1.807, 2.05) is 24.3 Å². The molecular formula is C24H32N9O13P3S2. The van der Waals surface area contributed by atoms with Crippen molar-refractivity contribution in [1.82, 2.24) is 39.9 Å². The summed E-state index contributed by atoms with van der Waals surface area (Å²) in [5, 5.41) is 16.0. The van der Waals surface area contributed by atoms with E-state index in [0.717, 1.165) is 11.1 Å². The Balaban J connectivity index is 1.22. The molecule has 1 aliphatic rings. The van der Waals surface area contributed by atoms with Crippen LogP contribution in [0.25, 0.3) is 22.6 Å². The van der Waals surface area contributed by atoms with Gasteiger partial charge in [0.25, 0.3) is 5.56 Å². The molecule has 51 heavy (non-hydrogen) atoms. The normalized spacial score (nSPS) is 20.7. The van der Waals surface area contributed by atoms with Crippen LogP contribution in [0.5, 0.6) is 0 Å². The first-order valence-corrected chi connectivity index (χ1v) is 21.3. The van der Waals surface area contributed by atoms with Crippen molar-refractivity contribution in [3.05, 3.63) is 52.3 Å². The van der Waals surface area contributed by atoms with Gasteiger partial charge >= 0.3 is 23.5 Å². The third-order valence-electron chi connectivity index (χ3n) is 6.79. The summed E-state index contributed by atoms with van der Waals surface area (Å²) in [6, 6.07) is 7.72. The van der Waals surface area contributed by atoms with E-state index in [4.69, 9.17) is 29.5 Å². The fourth-order valence-corrected chi connectivity index (χ4v) is 10.1. The minimum Gasteiger partial charge on any atom is -0.369 e. The SMILES string of the molecule is Cc1nnc(-c2ccc(CC(C)(C)SSCO[C@@H]3C[C@H](n4cnc5c(=O)[nH]c(N)nc54)O[C@@H]3COP(=O)(O)OP(=O)(O)OP(=O)(O)O)cc2)nn1. The molecule has 0 radical (unpaired) electrons. The Morgan fingerprint density at radius 2 is 1.75 bits per heavy atom. The van der Waals surface area contributed by atoms with E-state index in [1.165, 1.54) is 21.7 Å². The van der Waals surface area contributed by atoms with E-state index in [9.17, 15) is 28.3 Å². The molecule has 2 unspecified atom stereocenters. The number of nitrogens with one attached hydrogen (secondary N) is 1. The molecule has 0 aliphatic carbocycles. The fourth-order valence-electron chi connectivity index (χ4n) is 4.81. The summed E-state index contributed by atoms with van der Waals surface area (Å²) in [5.41, 5.74) is 7.02. The van der Waals surface area contributed by atoms with Gasteiger partial charge in [-0.2, -0.15) is 13.6 Å². The predicted octanol–water partition coefficient (Wildman–Crippen LogP) is 2.63. The van der Waals surface area contributed by atoms with E-state index in [-0.39, 0.29) is 34.2 Å². The largest absolute Gasteiger partial charge is 0.490 e. The molecule has 5 rings (SSSR count). The maximum Gasteiger partial charge on any atom is 0.490 e. The number of H-pyrrole nitrogens is 1. The van der Waals surface area contributed by atoms with Crippen molar-refractivity contribution in [2.24, 2.45) is 0 Å². The number of anilines is 1. The van der Waals surface area contributed by atoms with Crippen molar-refractivity contribution in [1.29, 1.82) is 0 Å². The molecule has 22 nitrogen and oxygen atoms in total. The smallest absolute Gasteiger partial charge is 0.369 e. The van der Waals surface area contributed by atoms with Crippen LogP contribution in [0.3, 0.4) is 0 Å². The standard InChI is InChI=1S/C24H32N9O13P3S2/c1-13-29-31-20(32-30-13)15-6-4-14(5-7-15)9-24(2,3)51-50-12-42-16-8-18(33-11-26-19-21(33)27-23(25)28-22(19)34)44-17(16)10-43-48(38,39)46-49(40,41)45-47(35,36)37/h4-7,11,16-18H,8-10,12H2,1-3H3,(H,38,39)(H,40,41)(H2,35,36,37)(H3,25,27,28,34)/t16-,17-,18-/m1/s1. The van der Waals surface area contributed by atoms with Gasteiger partial charge in [-0.25, -0.2) is 18.7 Å². The first-order chi connectivity index (χ1) is 23.8. The maximum atomic E-state index is 12.4. The summed E-state index contributed by atoms with van der Waals surface area (Å²) in [6.45, 7) is 5.06. The van der Waals surface area contributed by atoms with Crippen molar-refractivity contribution in [3.8, 4) is 11.4 Å². The van der Waals surface area contributed by atoms with Gasteiger partial charge in [0.05, 0.1) is 19.0 Å². The molecule has 4 aromatic rings. The molecule has 1 fully saturated rings. The number of aromatic amines is 1. The van der Waals surface area contributed by atoms with E-state index in [1.54, 1.807) is 17.7 Å². The quantitative estimate of drug-likeness (QED) is 0.0410. The molecule has 4 heterocycles. The van der Waals surface area contributed by atoms with Crippen LogP contribution in [-0.4, -0.2) is 89.0 Å². The zero-order valence-electron chi connectivity index (χ0n) is 26.8. The highest BCUT2D eigenvalue weighted by Crippen LogP contribution is 2.66. The van der Waals surface area contributed by atoms with Crippen molar-refractivity contribution >= 4 is 62.2 Å². The van der Waals surface area contributed by atoms with Crippen LogP contribution in [0.1, 0.15) is 37.9 Å². The molecule has 7 N–H and O–H groups in total. The molecule has 0 saturated carbocycles. The van der Waals surface area contributed by atoms with E-state index >= 15 is 0 Å². The van der Waals surface area contributed by atoms with Crippen LogP contribution in [0.4, 0.5) is 5.95 Å². The molecule has 1 aliphatic heterocycles. The van der Waals surface area contributed by atoms with Crippen LogP contribution in [-0.2, 0) is 42.7 Å². The number of ether oxygens (including phenoxy) is 2. The van der Waals surface area contributed by atoms with Crippen molar-refractivity contribution in [3.63, 3.8) is 0 Å². The van der Waals surface area contributed by atoms with Crippen LogP contribution in [0.2, 0.25) is 0 Å². The van der Waals surface area contributed by atoms with Gasteiger partial charge < -0.3 is 34.8 Å². The Hall–Kier alpha value is -2.66. The lowest BCUT2D eigenvalue weighted by Crippen LogP contribution is -2.29. The second-order valence-corrected chi connectivity index (χ2v) is 18.8. The number of nitrogens with two attached hydrogens (primary N) is 1. The van der Waals surface area contributed by atoms with Crippen molar-refractivity contribution in [2.45, 2.75) is 56.8 Å². The number of phosphoric ester groups is 1. The number of hydrogen-bond acceptors (Lipinski definition) is 18. The highest BCUT2D eigenvalue weighted by Gasteiger charge is 2.44. The third kappa shape index (κ3) is 11.2. The minimum absolute atomic E-state index is 0.0247. The first kappa shape index (κ1) is 39.5. The zero-order valence-corrected chi connectivity index (χ0v) is 31.1. The van der Waals surface area contributed by atoms with E-state index in [2.05, 4.69) is 57.8 Å². The molecule has 27 heteroatoms. The summed E-state index contributed by atoms with van der Waals surface area (Å²) < 4.78 is 60.8. The Labute approximate surface area is 296 Å². The molecular weight excluding hydrogens is 779 g/mol. The Morgan fingerprint density at radius 3 is 2.41 bits per heavy atom. The van der Waals surface area contributed by atoms with E-state index < -0.39 is 54.1 Å². The number of nitrogens with zero attached hydrogens (tertiary/aromatic N) is 7. The summed E-state index contributed by atoms with van der Waals surface area (Å²) in [6.07, 6.45) is -0.748. The summed E-state index contributed by atoms with van der Waals surface area (Å²) in [4.78, 5) is 59.9. The van der Waals surface area contributed by atoms with Gasteiger partial charge in [-0.1, -0.05) is 45.9 Å². The summed E-state index contributed by atoms with van der Waals surface area (Å²) in [5.74, 6) is 0.829. The molecule has 278 valence electrons. The Bertz CT molecular complexity index is 2050. The van der Waals surface area contributed by atoms with Crippen molar-refractivity contribution < 1.29 is 55.9 Å². The van der Waals surface area contributed by atoms with E-state index in [0.29, 0.717) is 18.1 Å². The van der Waals surface area contributed by atoms with Crippen LogP contribution in [0.15, 0.2) is 35.4 Å². The average Bonchev–Trinajstić information content (AvgIpc) is 3.61. The number of rotatable bonds is 16. The van der Waals surface area contributed by atoms with Crippen LogP contribution >= 0.6 is 45.1 Å². The van der Waals surface area contributed by atoms with Gasteiger partial charge in [-0.15, -0.1) is 20.4 Å². The van der Waals surface area contributed by atoms with Gasteiger partial charge in [-0.05, 0) is 32.8 Å². The minimum atomic E-state index is -5.74. The second-order valence-electron chi connectivity index (χ2n) is 11.5. The van der Waals surface area contributed by atoms with Gasteiger partial charge in [0.15, 0.2) is 17.0 Å². The molecule has 5 atom stereocenters. The third-order valence-corrected chi connectivity index (χ3v) is 13.5. The van der Waals surface area contributed by atoms with Gasteiger partial charge in [0.1, 0.15) is 18.3 Å². The lowest BCUT2D eigenvalue weighted by molar-refractivity contribution is -0.0522. The molecule has 0 spiro atoms. The number of aryl methyl sites for hydroxylation is 1. The molecule has 0 bridgehead atoms. The number of imidazole rings is 1. The fraction of sp³-hybridized carbons (Fsp3) is 0.458. The summed E-state index contributed by atoms with van der Waals surface area (Å²) in [7, 11) is -13.8. The van der Waals surface area contributed by atoms with Crippen LogP contribution < -0.4 is 11.3 Å². The highest BCUT2D eigenvalue weighted by molar-refractivity contribution is 8.77. The first-order valence-electron chi connectivity index (χ1n) is 14.5. The summed E-state index contributed by atoms with van der Waals surface area (Å²) >= 11 is 0. The van der Waals surface area contributed by atoms with Gasteiger partial charge in [-0.3, -0.25) is 18.9 Å². The molecule has 1 saturated heterocycles. The number of nitrogen functional groups attached to an aromatic ring is 1. The number of hydrogen-bond donors (Lipinski definition) is 6. The number of aromatic nitrogens is 8. The average molecular weight is 812 g/mol.